The fourth-order valence-corrected chi connectivity index (χ4v) is 2.01. The topological polar surface area (TPSA) is 33.2 Å². The number of alkyl halides is 1. The fourth-order valence-electron chi connectivity index (χ4n) is 1.89. The van der Waals surface area contributed by atoms with Gasteiger partial charge in [-0.15, -0.1) is 11.6 Å². The fraction of sp³-hybridized carbons (Fsp3) is 0.250. The van der Waals surface area contributed by atoms with E-state index < -0.39 is 5.38 Å². The zero-order valence-electron chi connectivity index (χ0n) is 11.6. The smallest absolute Gasteiger partial charge is 0.245 e. The number of nitrogens with zero attached hydrogens (tertiary/aromatic N) is 2. The van der Waals surface area contributed by atoms with Crippen molar-refractivity contribution in [3.8, 4) is 0 Å². The van der Waals surface area contributed by atoms with Crippen molar-refractivity contribution in [2.75, 3.05) is 4.90 Å². The van der Waals surface area contributed by atoms with Crippen LogP contribution < -0.4 is 4.90 Å². The minimum Gasteiger partial charge on any atom is -0.307 e. The highest BCUT2D eigenvalue weighted by molar-refractivity contribution is 6.32. The third kappa shape index (κ3) is 3.58. The molecule has 0 aliphatic heterocycles. The van der Waals surface area contributed by atoms with E-state index in [1.807, 2.05) is 49.4 Å². The van der Waals surface area contributed by atoms with Crippen LogP contribution in [0.3, 0.4) is 0 Å². The summed E-state index contributed by atoms with van der Waals surface area (Å²) in [6.07, 6.45) is 1.79. The van der Waals surface area contributed by atoms with Gasteiger partial charge in [0.1, 0.15) is 5.38 Å². The lowest BCUT2D eigenvalue weighted by atomic mass is 10.2. The summed E-state index contributed by atoms with van der Waals surface area (Å²) in [5.74, 6) is -0.113. The first-order chi connectivity index (χ1) is 9.58. The van der Waals surface area contributed by atoms with Gasteiger partial charge in [-0.1, -0.05) is 24.3 Å². The Bertz CT molecular complexity index is 567. The highest BCUT2D eigenvalue weighted by atomic mass is 35.5. The van der Waals surface area contributed by atoms with Gasteiger partial charge in [0.25, 0.3) is 0 Å². The second-order valence-corrected chi connectivity index (χ2v) is 5.34. The molecule has 0 bridgehead atoms. The summed E-state index contributed by atoms with van der Waals surface area (Å²) in [7, 11) is 0. The average molecular weight is 289 g/mol. The molecule has 0 fully saturated rings. The van der Waals surface area contributed by atoms with Crippen LogP contribution in [0.1, 0.15) is 18.2 Å². The quantitative estimate of drug-likeness (QED) is 0.806. The number of rotatable bonds is 4. The van der Waals surface area contributed by atoms with E-state index in [-0.39, 0.29) is 5.91 Å². The van der Waals surface area contributed by atoms with Gasteiger partial charge < -0.3 is 4.90 Å². The number of carbonyl (C=O) groups excluding carboxylic acids is 1. The summed E-state index contributed by atoms with van der Waals surface area (Å²) < 4.78 is 0. The van der Waals surface area contributed by atoms with E-state index >= 15 is 0 Å². The molecule has 3 nitrogen and oxygen atoms in total. The number of benzene rings is 1. The van der Waals surface area contributed by atoms with Crippen molar-refractivity contribution in [2.24, 2.45) is 0 Å². The number of hydrogen-bond acceptors (Lipinski definition) is 2. The van der Waals surface area contributed by atoms with Gasteiger partial charge in [0.2, 0.25) is 5.91 Å². The van der Waals surface area contributed by atoms with Gasteiger partial charge in [-0.05, 0) is 37.6 Å². The van der Waals surface area contributed by atoms with Crippen LogP contribution in [0.2, 0.25) is 0 Å². The zero-order chi connectivity index (χ0) is 14.5. The van der Waals surface area contributed by atoms with Crippen molar-refractivity contribution in [3.63, 3.8) is 0 Å². The molecule has 2 aromatic rings. The molecule has 4 heteroatoms. The van der Waals surface area contributed by atoms with Gasteiger partial charge in [0, 0.05) is 17.6 Å². The molecular formula is C16H17ClN2O. The maximum Gasteiger partial charge on any atom is 0.245 e. The van der Waals surface area contributed by atoms with Crippen LogP contribution in [0.5, 0.6) is 0 Å². The van der Waals surface area contributed by atoms with Gasteiger partial charge in [0.15, 0.2) is 0 Å². The largest absolute Gasteiger partial charge is 0.307 e. The molecule has 1 aromatic carbocycles. The summed E-state index contributed by atoms with van der Waals surface area (Å²) in [5, 5.41) is -0.561. The first-order valence-electron chi connectivity index (χ1n) is 6.50. The van der Waals surface area contributed by atoms with E-state index in [1.165, 1.54) is 0 Å². The number of carbonyl (C=O) groups is 1. The number of pyridine rings is 1. The Morgan fingerprint density at radius 2 is 1.95 bits per heavy atom. The average Bonchev–Trinajstić information content (AvgIpc) is 2.47. The zero-order valence-corrected chi connectivity index (χ0v) is 12.3. The van der Waals surface area contributed by atoms with Crippen LogP contribution in [-0.4, -0.2) is 16.3 Å². The first-order valence-corrected chi connectivity index (χ1v) is 6.93. The van der Waals surface area contributed by atoms with Crippen LogP contribution in [0.25, 0.3) is 0 Å². The number of para-hydroxylation sites is 1. The summed E-state index contributed by atoms with van der Waals surface area (Å²) in [6.45, 7) is 4.09. The van der Waals surface area contributed by atoms with E-state index in [0.29, 0.717) is 6.54 Å². The summed E-state index contributed by atoms with van der Waals surface area (Å²) in [5.41, 5.74) is 2.77. The summed E-state index contributed by atoms with van der Waals surface area (Å²) in [4.78, 5) is 18.2. The minimum atomic E-state index is -0.561. The lowest BCUT2D eigenvalue weighted by molar-refractivity contribution is -0.118. The third-order valence-corrected chi connectivity index (χ3v) is 3.17. The summed E-state index contributed by atoms with van der Waals surface area (Å²) >= 11 is 5.96. The molecular weight excluding hydrogens is 272 g/mol. The lowest BCUT2D eigenvalue weighted by Gasteiger charge is -2.24. The maximum atomic E-state index is 12.3. The molecule has 0 aliphatic carbocycles. The van der Waals surface area contributed by atoms with Gasteiger partial charge >= 0.3 is 0 Å². The Balaban J connectivity index is 2.28. The first kappa shape index (κ1) is 14.5. The van der Waals surface area contributed by atoms with Gasteiger partial charge in [-0.2, -0.15) is 0 Å². The van der Waals surface area contributed by atoms with Crippen molar-refractivity contribution >= 4 is 23.2 Å². The van der Waals surface area contributed by atoms with Crippen molar-refractivity contribution in [3.05, 3.63) is 59.9 Å². The second kappa shape index (κ2) is 6.53. The number of anilines is 1. The number of amides is 1. The Hall–Kier alpha value is -1.87. The predicted molar refractivity (Wildman–Crippen MR) is 81.9 cm³/mol. The van der Waals surface area contributed by atoms with Crippen molar-refractivity contribution in [2.45, 2.75) is 25.8 Å². The standard InChI is InChI=1S/C16H17ClN2O/c1-12-8-9-14(10-18-12)11-19(16(20)13(2)17)15-6-4-3-5-7-15/h3-10,13H,11H2,1-2H3. The van der Waals surface area contributed by atoms with E-state index in [1.54, 1.807) is 18.0 Å². The number of aryl methyl sites for hydroxylation is 1. The molecule has 0 radical (unpaired) electrons. The molecule has 1 heterocycles. The molecule has 0 aliphatic rings. The lowest BCUT2D eigenvalue weighted by Crippen LogP contribution is -2.35. The number of aromatic nitrogens is 1. The Morgan fingerprint density at radius 3 is 2.50 bits per heavy atom. The van der Waals surface area contributed by atoms with Gasteiger partial charge in [0.05, 0.1) is 6.54 Å². The van der Waals surface area contributed by atoms with E-state index in [2.05, 4.69) is 4.98 Å². The monoisotopic (exact) mass is 288 g/mol. The van der Waals surface area contributed by atoms with E-state index in [4.69, 9.17) is 11.6 Å². The molecule has 104 valence electrons. The minimum absolute atomic E-state index is 0.113. The van der Waals surface area contributed by atoms with E-state index in [9.17, 15) is 4.79 Å². The van der Waals surface area contributed by atoms with Crippen LogP contribution in [0, 0.1) is 6.92 Å². The molecule has 1 aromatic heterocycles. The predicted octanol–water partition coefficient (Wildman–Crippen LogP) is 3.55. The molecule has 1 atom stereocenters. The van der Waals surface area contributed by atoms with E-state index in [0.717, 1.165) is 16.9 Å². The SMILES string of the molecule is Cc1ccc(CN(C(=O)C(C)Cl)c2ccccc2)cn1. The van der Waals surface area contributed by atoms with Crippen LogP contribution in [0.4, 0.5) is 5.69 Å². The normalized spacial score (nSPS) is 11.9. The van der Waals surface area contributed by atoms with Crippen molar-refractivity contribution < 1.29 is 4.79 Å². The molecule has 0 saturated carbocycles. The van der Waals surface area contributed by atoms with Crippen molar-refractivity contribution in [1.29, 1.82) is 0 Å². The number of halogens is 1. The maximum absolute atomic E-state index is 12.3. The van der Waals surface area contributed by atoms with Gasteiger partial charge in [-0.25, -0.2) is 0 Å². The summed E-state index contributed by atoms with van der Waals surface area (Å²) in [6, 6.07) is 13.4. The molecule has 0 spiro atoms. The van der Waals surface area contributed by atoms with Crippen molar-refractivity contribution in [1.82, 2.24) is 4.98 Å². The molecule has 2 rings (SSSR count). The molecule has 1 unspecified atom stereocenters. The van der Waals surface area contributed by atoms with Crippen LogP contribution in [0.15, 0.2) is 48.7 Å². The highest BCUT2D eigenvalue weighted by Crippen LogP contribution is 2.19. The van der Waals surface area contributed by atoms with Gasteiger partial charge in [-0.3, -0.25) is 9.78 Å². The molecule has 0 saturated heterocycles. The Kier molecular flexibility index (Phi) is 4.74. The van der Waals surface area contributed by atoms with Crippen LogP contribution >= 0.6 is 11.6 Å². The third-order valence-electron chi connectivity index (χ3n) is 2.99. The molecule has 1 amide bonds. The van der Waals surface area contributed by atoms with Crippen LogP contribution in [-0.2, 0) is 11.3 Å². The Labute approximate surface area is 124 Å². The number of hydrogen-bond donors (Lipinski definition) is 0. The Morgan fingerprint density at radius 1 is 1.25 bits per heavy atom. The molecule has 0 N–H and O–H groups in total. The highest BCUT2D eigenvalue weighted by Gasteiger charge is 2.20. The second-order valence-electron chi connectivity index (χ2n) is 4.68. The molecule has 20 heavy (non-hydrogen) atoms.